The highest BCUT2D eigenvalue weighted by molar-refractivity contribution is 9.10. The van der Waals surface area contributed by atoms with Gasteiger partial charge >= 0.3 is 6.03 Å². The Balaban J connectivity index is 1.54. The van der Waals surface area contributed by atoms with Gasteiger partial charge in [-0.2, -0.15) is 0 Å². The highest BCUT2D eigenvalue weighted by Gasteiger charge is 2.34. The van der Waals surface area contributed by atoms with Gasteiger partial charge in [0.05, 0.1) is 12.3 Å². The molecule has 0 unspecified atom stereocenters. The Labute approximate surface area is 194 Å². The van der Waals surface area contributed by atoms with E-state index in [4.69, 9.17) is 9.47 Å². The lowest BCUT2D eigenvalue weighted by Gasteiger charge is -2.13. The van der Waals surface area contributed by atoms with E-state index in [1.807, 2.05) is 43.3 Å². The number of anilines is 1. The van der Waals surface area contributed by atoms with Crippen LogP contribution >= 0.6 is 15.9 Å². The van der Waals surface area contributed by atoms with Crippen molar-refractivity contribution in [2.45, 2.75) is 13.5 Å². The fourth-order valence-corrected chi connectivity index (χ4v) is 3.52. The van der Waals surface area contributed by atoms with Gasteiger partial charge in [-0.05, 0) is 60.5 Å². The first kappa shape index (κ1) is 21.6. The number of para-hydroxylation sites is 1. The van der Waals surface area contributed by atoms with Crippen LogP contribution in [0.5, 0.6) is 11.5 Å². The molecule has 3 aromatic rings. The maximum atomic E-state index is 12.8. The monoisotopic (exact) mass is 492 g/mol. The Morgan fingerprint density at radius 1 is 0.938 bits per heavy atom. The van der Waals surface area contributed by atoms with Crippen LogP contribution in [0.25, 0.3) is 6.08 Å². The summed E-state index contributed by atoms with van der Waals surface area (Å²) in [5, 5.41) is 2.64. The summed E-state index contributed by atoms with van der Waals surface area (Å²) in [7, 11) is 0. The largest absolute Gasteiger partial charge is 0.490 e. The molecular weight excluding hydrogens is 472 g/mol. The molecule has 4 rings (SSSR count). The molecule has 162 valence electrons. The summed E-state index contributed by atoms with van der Waals surface area (Å²) >= 11 is 3.42. The Morgan fingerprint density at radius 2 is 1.69 bits per heavy atom. The summed E-state index contributed by atoms with van der Waals surface area (Å²) < 4.78 is 12.7. The van der Waals surface area contributed by atoms with Crippen LogP contribution in [-0.2, 0) is 11.4 Å². The number of amides is 3. The molecule has 1 fully saturated rings. The number of nitrogens with one attached hydrogen (secondary N) is 1. The Kier molecular flexibility index (Phi) is 6.56. The summed E-state index contributed by atoms with van der Waals surface area (Å²) in [5.74, 6) is 0.759. The van der Waals surface area contributed by atoms with E-state index in [1.54, 1.807) is 42.5 Å². The maximum Gasteiger partial charge on any atom is 0.333 e. The van der Waals surface area contributed by atoms with Crippen molar-refractivity contribution in [1.29, 1.82) is 0 Å². The first-order chi connectivity index (χ1) is 15.5. The predicted octanol–water partition coefficient (Wildman–Crippen LogP) is 5.52. The maximum absolute atomic E-state index is 12.8. The number of hydrogen-bond acceptors (Lipinski definition) is 4. The van der Waals surface area contributed by atoms with Crippen molar-refractivity contribution >= 4 is 39.6 Å². The molecule has 0 saturated carbocycles. The molecular formula is C25H21BrN2O4. The van der Waals surface area contributed by atoms with E-state index in [9.17, 15) is 9.59 Å². The van der Waals surface area contributed by atoms with Crippen LogP contribution in [0.2, 0.25) is 0 Å². The highest BCUT2D eigenvalue weighted by atomic mass is 79.9. The zero-order valence-electron chi connectivity index (χ0n) is 17.4. The van der Waals surface area contributed by atoms with Gasteiger partial charge in [-0.25, -0.2) is 9.69 Å². The molecule has 1 aliphatic rings. The quantitative estimate of drug-likeness (QED) is 0.348. The molecule has 0 aliphatic carbocycles. The Morgan fingerprint density at radius 3 is 2.41 bits per heavy atom. The molecule has 0 aromatic heterocycles. The molecule has 1 heterocycles. The number of halogens is 1. The lowest BCUT2D eigenvalue weighted by molar-refractivity contribution is -0.113. The summed E-state index contributed by atoms with van der Waals surface area (Å²) in [5.41, 5.74) is 2.46. The molecule has 1 aliphatic heterocycles. The number of ether oxygens (including phenoxy) is 2. The molecule has 0 radical (unpaired) electrons. The van der Waals surface area contributed by atoms with Crippen molar-refractivity contribution in [2.24, 2.45) is 0 Å². The molecule has 0 spiro atoms. The third kappa shape index (κ3) is 4.84. The van der Waals surface area contributed by atoms with Gasteiger partial charge < -0.3 is 14.8 Å². The van der Waals surface area contributed by atoms with Crippen molar-refractivity contribution in [1.82, 2.24) is 5.32 Å². The second kappa shape index (κ2) is 9.70. The van der Waals surface area contributed by atoms with Gasteiger partial charge in [0.15, 0.2) is 11.5 Å². The van der Waals surface area contributed by atoms with Crippen molar-refractivity contribution in [3.05, 3.63) is 94.1 Å². The van der Waals surface area contributed by atoms with E-state index < -0.39 is 11.9 Å². The van der Waals surface area contributed by atoms with Crippen LogP contribution < -0.4 is 19.7 Å². The smallest absolute Gasteiger partial charge is 0.333 e. The van der Waals surface area contributed by atoms with E-state index in [0.717, 1.165) is 14.9 Å². The normalized spacial score (nSPS) is 14.6. The molecule has 1 N–H and O–H groups in total. The standard InChI is InChI=1S/C25H21BrN2O4/c1-2-31-23-15-18(10-13-22(23)32-16-17-8-11-19(26)12-9-17)14-21-24(29)28(25(30)27-21)20-6-4-3-5-7-20/h3-15H,2,16H2,1H3,(H,27,30)/b21-14+. The van der Waals surface area contributed by atoms with Gasteiger partial charge in [0.1, 0.15) is 12.3 Å². The van der Waals surface area contributed by atoms with Crippen molar-refractivity contribution in [3.63, 3.8) is 0 Å². The fourth-order valence-electron chi connectivity index (χ4n) is 3.26. The number of benzene rings is 3. The molecule has 7 heteroatoms. The molecule has 32 heavy (non-hydrogen) atoms. The second-order valence-electron chi connectivity index (χ2n) is 7.02. The Hall–Kier alpha value is -3.58. The third-order valence-electron chi connectivity index (χ3n) is 4.78. The molecule has 3 amide bonds. The number of carbonyl (C=O) groups is 2. The number of hydrogen-bond donors (Lipinski definition) is 1. The minimum atomic E-state index is -0.480. The average Bonchev–Trinajstić information content (AvgIpc) is 3.08. The number of carbonyl (C=O) groups excluding carboxylic acids is 2. The Bertz CT molecular complexity index is 1160. The van der Waals surface area contributed by atoms with Gasteiger partial charge in [0.2, 0.25) is 0 Å². The van der Waals surface area contributed by atoms with Crippen molar-refractivity contribution in [3.8, 4) is 11.5 Å². The summed E-state index contributed by atoms with van der Waals surface area (Å²) in [6, 6.07) is 21.6. The summed E-state index contributed by atoms with van der Waals surface area (Å²) in [6.07, 6.45) is 1.63. The van der Waals surface area contributed by atoms with Crippen LogP contribution in [0.4, 0.5) is 10.5 Å². The zero-order valence-corrected chi connectivity index (χ0v) is 19.0. The predicted molar refractivity (Wildman–Crippen MR) is 127 cm³/mol. The molecule has 0 atom stereocenters. The highest BCUT2D eigenvalue weighted by Crippen LogP contribution is 2.31. The molecule has 0 bridgehead atoms. The SMILES string of the molecule is CCOc1cc(/C=C2/NC(=O)N(c3ccccc3)C2=O)ccc1OCc1ccc(Br)cc1. The van der Waals surface area contributed by atoms with Crippen LogP contribution in [0.3, 0.4) is 0 Å². The second-order valence-corrected chi connectivity index (χ2v) is 7.93. The third-order valence-corrected chi connectivity index (χ3v) is 5.31. The van der Waals surface area contributed by atoms with Crippen molar-refractivity contribution < 1.29 is 19.1 Å². The first-order valence-corrected chi connectivity index (χ1v) is 10.9. The van der Waals surface area contributed by atoms with E-state index in [2.05, 4.69) is 21.2 Å². The average molecular weight is 493 g/mol. The van der Waals surface area contributed by atoms with Crippen LogP contribution in [0.15, 0.2) is 83.0 Å². The zero-order chi connectivity index (χ0) is 22.5. The first-order valence-electron chi connectivity index (χ1n) is 10.1. The van der Waals surface area contributed by atoms with E-state index in [-0.39, 0.29) is 5.70 Å². The van der Waals surface area contributed by atoms with Crippen LogP contribution in [-0.4, -0.2) is 18.5 Å². The number of nitrogens with zero attached hydrogens (tertiary/aromatic N) is 1. The van der Waals surface area contributed by atoms with E-state index >= 15 is 0 Å². The van der Waals surface area contributed by atoms with Gasteiger partial charge in [0.25, 0.3) is 5.91 Å². The van der Waals surface area contributed by atoms with E-state index in [0.29, 0.717) is 36.0 Å². The van der Waals surface area contributed by atoms with Crippen LogP contribution in [0, 0.1) is 0 Å². The minimum Gasteiger partial charge on any atom is -0.490 e. The number of urea groups is 1. The molecule has 3 aromatic carbocycles. The number of imide groups is 1. The minimum absolute atomic E-state index is 0.199. The lowest BCUT2D eigenvalue weighted by atomic mass is 10.1. The fraction of sp³-hybridized carbons (Fsp3) is 0.120. The van der Waals surface area contributed by atoms with Gasteiger partial charge in [-0.3, -0.25) is 4.79 Å². The molecule has 6 nitrogen and oxygen atoms in total. The van der Waals surface area contributed by atoms with Crippen LogP contribution in [0.1, 0.15) is 18.1 Å². The van der Waals surface area contributed by atoms with Crippen molar-refractivity contribution in [2.75, 3.05) is 11.5 Å². The van der Waals surface area contributed by atoms with E-state index in [1.165, 1.54) is 0 Å². The topological polar surface area (TPSA) is 67.9 Å². The van der Waals surface area contributed by atoms with Gasteiger partial charge in [-0.1, -0.05) is 52.3 Å². The van der Waals surface area contributed by atoms with Gasteiger partial charge in [-0.15, -0.1) is 0 Å². The summed E-state index contributed by atoms with van der Waals surface area (Å²) in [6.45, 7) is 2.75. The summed E-state index contributed by atoms with van der Waals surface area (Å²) in [4.78, 5) is 26.3. The van der Waals surface area contributed by atoms with Gasteiger partial charge in [0, 0.05) is 4.47 Å². The lowest BCUT2D eigenvalue weighted by Crippen LogP contribution is -2.30. The number of rotatable bonds is 7. The molecule has 1 saturated heterocycles.